The molecular weight excluding hydrogens is 360 g/mol. The van der Waals surface area contributed by atoms with Crippen LogP contribution in [-0.2, 0) is 6.54 Å². The van der Waals surface area contributed by atoms with E-state index in [9.17, 15) is 9.59 Å². The van der Waals surface area contributed by atoms with Crippen LogP contribution in [-0.4, -0.2) is 27.8 Å². The summed E-state index contributed by atoms with van der Waals surface area (Å²) in [4.78, 5) is 32.8. The predicted octanol–water partition coefficient (Wildman–Crippen LogP) is 3.03. The highest BCUT2D eigenvalue weighted by Gasteiger charge is 2.23. The van der Waals surface area contributed by atoms with Crippen LogP contribution in [0.25, 0.3) is 10.6 Å². The number of carbonyl (C=O) groups is 2. The number of rotatable bonds is 6. The van der Waals surface area contributed by atoms with E-state index < -0.39 is 0 Å². The lowest BCUT2D eigenvalue weighted by molar-refractivity contribution is 0.0940. The van der Waals surface area contributed by atoms with Gasteiger partial charge in [0.25, 0.3) is 11.8 Å². The van der Waals surface area contributed by atoms with E-state index in [0.29, 0.717) is 23.8 Å². The molecule has 4 rings (SSSR count). The minimum Gasteiger partial charge on any atom is -0.349 e. The zero-order chi connectivity index (χ0) is 18.6. The minimum absolute atomic E-state index is 0.0429. The van der Waals surface area contributed by atoms with Crippen LogP contribution in [0.2, 0.25) is 0 Å². The highest BCUT2D eigenvalue weighted by Crippen LogP contribution is 2.25. The van der Waals surface area contributed by atoms with Crippen LogP contribution in [0.5, 0.6) is 0 Å². The maximum absolute atomic E-state index is 12.3. The second-order valence-corrected chi connectivity index (χ2v) is 7.27. The molecule has 0 unspecified atom stereocenters. The van der Waals surface area contributed by atoms with Crippen LogP contribution in [0, 0.1) is 0 Å². The normalized spacial score (nSPS) is 13.2. The molecule has 2 N–H and O–H groups in total. The molecule has 136 valence electrons. The molecule has 0 saturated heterocycles. The van der Waals surface area contributed by atoms with E-state index in [1.807, 2.05) is 24.3 Å². The molecule has 6 nitrogen and oxygen atoms in total. The number of hydrogen-bond acceptors (Lipinski definition) is 5. The summed E-state index contributed by atoms with van der Waals surface area (Å²) in [5.41, 5.74) is 2.83. The van der Waals surface area contributed by atoms with Crippen LogP contribution in [0.3, 0.4) is 0 Å². The fourth-order valence-electron chi connectivity index (χ4n) is 2.55. The van der Waals surface area contributed by atoms with Gasteiger partial charge < -0.3 is 10.6 Å². The standard InChI is InChI=1S/C20H18N4O2S/c25-18(23-16-7-8-16)14-3-5-15(6-4-14)20-24-17(12-27-20)19(26)22-11-13-2-1-9-21-10-13/h1-6,9-10,12,16H,7-8,11H2,(H,22,26)(H,23,25). The summed E-state index contributed by atoms with van der Waals surface area (Å²) in [7, 11) is 0. The first-order chi connectivity index (χ1) is 13.2. The van der Waals surface area contributed by atoms with Gasteiger partial charge >= 0.3 is 0 Å². The molecule has 0 aliphatic heterocycles. The van der Waals surface area contributed by atoms with E-state index in [-0.39, 0.29) is 11.8 Å². The van der Waals surface area contributed by atoms with E-state index >= 15 is 0 Å². The molecular formula is C20H18N4O2S. The fraction of sp³-hybridized carbons (Fsp3) is 0.200. The van der Waals surface area contributed by atoms with Crippen molar-refractivity contribution in [3.63, 3.8) is 0 Å². The monoisotopic (exact) mass is 378 g/mol. The molecule has 1 saturated carbocycles. The van der Waals surface area contributed by atoms with Gasteiger partial charge in [-0.05, 0) is 36.6 Å². The summed E-state index contributed by atoms with van der Waals surface area (Å²) >= 11 is 1.40. The maximum Gasteiger partial charge on any atom is 0.271 e. The molecule has 1 aliphatic rings. The summed E-state index contributed by atoms with van der Waals surface area (Å²) in [6.45, 7) is 0.407. The van der Waals surface area contributed by atoms with Gasteiger partial charge in [-0.2, -0.15) is 0 Å². The smallest absolute Gasteiger partial charge is 0.271 e. The number of pyridine rings is 1. The van der Waals surface area contributed by atoms with E-state index in [0.717, 1.165) is 29.0 Å². The van der Waals surface area contributed by atoms with Gasteiger partial charge in [0.1, 0.15) is 10.7 Å². The molecule has 1 aromatic carbocycles. The van der Waals surface area contributed by atoms with Gasteiger partial charge in [0.2, 0.25) is 0 Å². The van der Waals surface area contributed by atoms with Crippen molar-refractivity contribution in [1.29, 1.82) is 0 Å². The van der Waals surface area contributed by atoms with Crippen molar-refractivity contribution < 1.29 is 9.59 Å². The van der Waals surface area contributed by atoms with Gasteiger partial charge in [0.15, 0.2) is 0 Å². The molecule has 2 heterocycles. The Morgan fingerprint density at radius 1 is 1.11 bits per heavy atom. The SMILES string of the molecule is O=C(NC1CC1)c1ccc(-c2nc(C(=O)NCc3cccnc3)cs2)cc1. The quantitative estimate of drug-likeness (QED) is 0.691. The lowest BCUT2D eigenvalue weighted by Crippen LogP contribution is -2.25. The summed E-state index contributed by atoms with van der Waals surface area (Å²) < 4.78 is 0. The second kappa shape index (κ2) is 7.67. The number of amides is 2. The Labute approximate surface area is 160 Å². The van der Waals surface area contributed by atoms with Crippen molar-refractivity contribution in [3.8, 4) is 10.6 Å². The molecule has 3 aromatic rings. The predicted molar refractivity (Wildman–Crippen MR) is 103 cm³/mol. The number of nitrogens with one attached hydrogen (secondary N) is 2. The molecule has 1 fully saturated rings. The molecule has 27 heavy (non-hydrogen) atoms. The Hall–Kier alpha value is -3.06. The second-order valence-electron chi connectivity index (χ2n) is 6.41. The number of carbonyl (C=O) groups excluding carboxylic acids is 2. The molecule has 0 radical (unpaired) electrons. The number of nitrogens with zero attached hydrogens (tertiary/aromatic N) is 2. The highest BCUT2D eigenvalue weighted by molar-refractivity contribution is 7.13. The lowest BCUT2D eigenvalue weighted by atomic mass is 10.1. The van der Waals surface area contributed by atoms with Crippen molar-refractivity contribution >= 4 is 23.2 Å². The zero-order valence-corrected chi connectivity index (χ0v) is 15.3. The average Bonchev–Trinajstić information content (AvgIpc) is 3.38. The van der Waals surface area contributed by atoms with Gasteiger partial charge in [-0.25, -0.2) is 4.98 Å². The van der Waals surface area contributed by atoms with Crippen molar-refractivity contribution in [2.45, 2.75) is 25.4 Å². The molecule has 7 heteroatoms. The van der Waals surface area contributed by atoms with Gasteiger partial charge in [-0.1, -0.05) is 18.2 Å². The topological polar surface area (TPSA) is 84.0 Å². The van der Waals surface area contributed by atoms with Crippen LogP contribution in [0.15, 0.2) is 54.2 Å². The largest absolute Gasteiger partial charge is 0.349 e. The fourth-order valence-corrected chi connectivity index (χ4v) is 3.35. The van der Waals surface area contributed by atoms with E-state index in [1.165, 1.54) is 11.3 Å². The van der Waals surface area contributed by atoms with Crippen LogP contribution in [0.4, 0.5) is 0 Å². The van der Waals surface area contributed by atoms with Gasteiger partial charge in [-0.3, -0.25) is 14.6 Å². The molecule has 0 bridgehead atoms. The van der Waals surface area contributed by atoms with Crippen molar-refractivity contribution in [3.05, 3.63) is 71.0 Å². The molecule has 0 spiro atoms. The number of hydrogen-bond donors (Lipinski definition) is 2. The third-order valence-corrected chi connectivity index (χ3v) is 5.11. The average molecular weight is 378 g/mol. The summed E-state index contributed by atoms with van der Waals surface area (Å²) in [6, 6.07) is 11.4. The third-order valence-electron chi connectivity index (χ3n) is 4.22. The highest BCUT2D eigenvalue weighted by atomic mass is 32.1. The first kappa shape index (κ1) is 17.4. The lowest BCUT2D eigenvalue weighted by Gasteiger charge is -2.04. The number of aromatic nitrogens is 2. The Morgan fingerprint density at radius 3 is 2.63 bits per heavy atom. The van der Waals surface area contributed by atoms with Crippen LogP contribution >= 0.6 is 11.3 Å². The van der Waals surface area contributed by atoms with Gasteiger partial charge in [0.05, 0.1) is 0 Å². The van der Waals surface area contributed by atoms with Crippen molar-refractivity contribution in [2.24, 2.45) is 0 Å². The van der Waals surface area contributed by atoms with Crippen molar-refractivity contribution in [1.82, 2.24) is 20.6 Å². The van der Waals surface area contributed by atoms with E-state index in [2.05, 4.69) is 20.6 Å². The number of thiazole rings is 1. The minimum atomic E-state index is -0.221. The first-order valence-electron chi connectivity index (χ1n) is 8.73. The molecule has 1 aliphatic carbocycles. The number of benzene rings is 1. The zero-order valence-electron chi connectivity index (χ0n) is 14.5. The summed E-state index contributed by atoms with van der Waals surface area (Å²) in [5, 5.41) is 8.29. The first-order valence-corrected chi connectivity index (χ1v) is 9.61. The third kappa shape index (κ3) is 4.38. The van der Waals surface area contributed by atoms with Gasteiger partial charge in [-0.15, -0.1) is 11.3 Å². The van der Waals surface area contributed by atoms with Crippen molar-refractivity contribution in [2.75, 3.05) is 0 Å². The molecule has 0 atom stereocenters. The van der Waals surface area contributed by atoms with E-state index in [1.54, 1.807) is 29.9 Å². The molecule has 2 aromatic heterocycles. The maximum atomic E-state index is 12.3. The summed E-state index contributed by atoms with van der Waals surface area (Å²) in [6.07, 6.45) is 5.54. The van der Waals surface area contributed by atoms with E-state index in [4.69, 9.17) is 0 Å². The molecule has 2 amide bonds. The van der Waals surface area contributed by atoms with Crippen LogP contribution < -0.4 is 10.6 Å². The Balaban J connectivity index is 1.39. The Morgan fingerprint density at radius 2 is 1.93 bits per heavy atom. The Kier molecular flexibility index (Phi) is 4.93. The van der Waals surface area contributed by atoms with Crippen LogP contribution in [0.1, 0.15) is 39.3 Å². The van der Waals surface area contributed by atoms with Gasteiger partial charge in [0, 0.05) is 41.5 Å². The Bertz CT molecular complexity index is 950. The summed E-state index contributed by atoms with van der Waals surface area (Å²) in [5.74, 6) is -0.263.